The Morgan fingerprint density at radius 1 is 1.00 bits per heavy atom. The summed E-state index contributed by atoms with van der Waals surface area (Å²) in [5, 5.41) is 5.09. The first kappa shape index (κ1) is 10.2. The molecule has 0 amide bonds. The molecule has 2 nitrogen and oxygen atoms in total. The molecule has 0 N–H and O–H groups in total. The predicted octanol–water partition coefficient (Wildman–Crippen LogP) is 4.07. The molecule has 0 spiro atoms. The zero-order valence-corrected chi connectivity index (χ0v) is 9.74. The molecule has 0 saturated heterocycles. The fraction of sp³-hybridized carbons (Fsp3) is 0.462. The van der Waals surface area contributed by atoms with E-state index < -0.39 is 0 Å². The van der Waals surface area contributed by atoms with Crippen molar-refractivity contribution in [1.29, 1.82) is 0 Å². The molecule has 0 atom stereocenters. The molecule has 1 heterocycles. The maximum absolute atomic E-state index is 4.98. The highest BCUT2D eigenvalue weighted by atomic mass is 16.5. The third kappa shape index (κ3) is 1.76. The van der Waals surface area contributed by atoms with Crippen LogP contribution in [0.5, 0.6) is 0 Å². The Morgan fingerprint density at radius 3 is 2.20 bits per heavy atom. The Bertz CT molecular complexity index is 426. The van der Waals surface area contributed by atoms with Crippen molar-refractivity contribution in [3.8, 4) is 0 Å². The van der Waals surface area contributed by atoms with E-state index in [4.69, 9.17) is 4.52 Å². The molecule has 2 aromatic rings. The van der Waals surface area contributed by atoms with Gasteiger partial charge in [0.15, 0.2) is 0 Å². The first-order chi connectivity index (χ1) is 7.09. The van der Waals surface area contributed by atoms with Crippen LogP contribution in [0.4, 0.5) is 0 Å². The van der Waals surface area contributed by atoms with Gasteiger partial charge in [-0.25, -0.2) is 0 Å². The highest BCUT2D eigenvalue weighted by Crippen LogP contribution is 2.29. The highest BCUT2D eigenvalue weighted by Gasteiger charge is 2.12. The summed E-state index contributed by atoms with van der Waals surface area (Å²) < 4.78 is 4.98. The van der Waals surface area contributed by atoms with Crippen molar-refractivity contribution >= 4 is 10.9 Å². The smallest absolute Gasteiger partial charge is 0.131 e. The number of rotatable bonds is 2. The van der Waals surface area contributed by atoms with E-state index in [0.717, 1.165) is 10.9 Å². The van der Waals surface area contributed by atoms with Gasteiger partial charge >= 0.3 is 0 Å². The van der Waals surface area contributed by atoms with E-state index in [1.807, 2.05) is 0 Å². The van der Waals surface area contributed by atoms with E-state index in [2.05, 4.69) is 45.0 Å². The van der Waals surface area contributed by atoms with Crippen LogP contribution in [0.25, 0.3) is 10.9 Å². The number of aromatic nitrogens is 1. The van der Waals surface area contributed by atoms with Gasteiger partial charge in [-0.2, -0.15) is 0 Å². The summed E-state index contributed by atoms with van der Waals surface area (Å²) in [6, 6.07) is 4.35. The summed E-state index contributed by atoms with van der Waals surface area (Å²) in [7, 11) is 0. The first-order valence-electron chi connectivity index (χ1n) is 5.47. The molecule has 0 unspecified atom stereocenters. The van der Waals surface area contributed by atoms with Gasteiger partial charge < -0.3 is 4.52 Å². The Labute approximate surface area is 90.3 Å². The molecule has 0 aliphatic heterocycles. The molecule has 80 valence electrons. The topological polar surface area (TPSA) is 26.0 Å². The van der Waals surface area contributed by atoms with Gasteiger partial charge in [-0.05, 0) is 35.1 Å². The normalized spacial score (nSPS) is 11.9. The minimum Gasteiger partial charge on any atom is -0.364 e. The zero-order chi connectivity index (χ0) is 11.0. The van der Waals surface area contributed by atoms with E-state index >= 15 is 0 Å². The van der Waals surface area contributed by atoms with Crippen molar-refractivity contribution in [1.82, 2.24) is 5.16 Å². The molecule has 0 aliphatic carbocycles. The summed E-state index contributed by atoms with van der Waals surface area (Å²) in [4.78, 5) is 0. The third-order valence-corrected chi connectivity index (χ3v) is 2.81. The fourth-order valence-electron chi connectivity index (χ4n) is 1.95. The molecule has 0 fully saturated rings. The van der Waals surface area contributed by atoms with Crippen molar-refractivity contribution < 1.29 is 4.52 Å². The van der Waals surface area contributed by atoms with Crippen molar-refractivity contribution in [2.45, 2.75) is 39.5 Å². The summed E-state index contributed by atoms with van der Waals surface area (Å²) in [5.41, 5.74) is 3.75. The molecule has 1 aromatic carbocycles. The van der Waals surface area contributed by atoms with Crippen LogP contribution in [0.3, 0.4) is 0 Å². The zero-order valence-electron chi connectivity index (χ0n) is 9.74. The Hall–Kier alpha value is -1.31. The lowest BCUT2D eigenvalue weighted by Gasteiger charge is -2.15. The quantitative estimate of drug-likeness (QED) is 0.735. The van der Waals surface area contributed by atoms with Gasteiger partial charge in [0, 0.05) is 5.39 Å². The van der Waals surface area contributed by atoms with Gasteiger partial charge in [0.05, 0.1) is 0 Å². The van der Waals surface area contributed by atoms with Crippen molar-refractivity contribution in [2.24, 2.45) is 0 Å². The summed E-state index contributed by atoms with van der Waals surface area (Å²) in [6.45, 7) is 8.88. The molecule has 1 aromatic heterocycles. The number of fused-ring (bicyclic) bond motifs is 1. The van der Waals surface area contributed by atoms with Gasteiger partial charge in [-0.15, -0.1) is 0 Å². The molecule has 0 aliphatic rings. The number of benzene rings is 1. The monoisotopic (exact) mass is 203 g/mol. The average Bonchev–Trinajstić information content (AvgIpc) is 2.61. The number of hydrogen-bond acceptors (Lipinski definition) is 2. The lowest BCUT2D eigenvalue weighted by atomic mass is 9.89. The molecule has 2 heteroatoms. The Morgan fingerprint density at radius 2 is 1.60 bits per heavy atom. The standard InChI is InChI=1S/C13H17NO/c1-8(2)11-5-10-7-15-14-13(10)6-12(11)9(3)4/h5-9H,1-4H3. The SMILES string of the molecule is CC(C)c1cc2conc2cc1C(C)C. The Kier molecular flexibility index (Phi) is 2.51. The van der Waals surface area contributed by atoms with Crippen LogP contribution < -0.4 is 0 Å². The van der Waals surface area contributed by atoms with Crippen LogP contribution in [-0.4, -0.2) is 5.16 Å². The van der Waals surface area contributed by atoms with Gasteiger partial charge in [0.2, 0.25) is 0 Å². The van der Waals surface area contributed by atoms with Gasteiger partial charge in [-0.3, -0.25) is 0 Å². The maximum atomic E-state index is 4.98. The van der Waals surface area contributed by atoms with Crippen LogP contribution in [0.2, 0.25) is 0 Å². The van der Waals surface area contributed by atoms with Crippen LogP contribution >= 0.6 is 0 Å². The van der Waals surface area contributed by atoms with Gasteiger partial charge in [-0.1, -0.05) is 32.9 Å². The van der Waals surface area contributed by atoms with Crippen molar-refractivity contribution in [2.75, 3.05) is 0 Å². The van der Waals surface area contributed by atoms with Crippen LogP contribution in [-0.2, 0) is 0 Å². The second-order valence-corrected chi connectivity index (χ2v) is 4.66. The lowest BCUT2D eigenvalue weighted by molar-refractivity contribution is 0.428. The summed E-state index contributed by atoms with van der Waals surface area (Å²) in [5.74, 6) is 1.07. The average molecular weight is 203 g/mol. The van der Waals surface area contributed by atoms with Crippen LogP contribution in [0.15, 0.2) is 22.9 Å². The molecular weight excluding hydrogens is 186 g/mol. The molecule has 0 saturated carbocycles. The highest BCUT2D eigenvalue weighted by molar-refractivity contribution is 5.79. The maximum Gasteiger partial charge on any atom is 0.131 e. The molecule has 0 bridgehead atoms. The van der Waals surface area contributed by atoms with Gasteiger partial charge in [0.25, 0.3) is 0 Å². The van der Waals surface area contributed by atoms with E-state index in [1.54, 1.807) is 6.26 Å². The predicted molar refractivity (Wildman–Crippen MR) is 62.2 cm³/mol. The first-order valence-corrected chi connectivity index (χ1v) is 5.47. The molecular formula is C13H17NO. The van der Waals surface area contributed by atoms with E-state index in [-0.39, 0.29) is 0 Å². The second kappa shape index (κ2) is 3.69. The number of hydrogen-bond donors (Lipinski definition) is 0. The van der Waals surface area contributed by atoms with Crippen LogP contribution in [0.1, 0.15) is 50.7 Å². The fourth-order valence-corrected chi connectivity index (χ4v) is 1.95. The molecule has 15 heavy (non-hydrogen) atoms. The lowest BCUT2D eigenvalue weighted by Crippen LogP contribution is -1.98. The minimum atomic E-state index is 0.531. The summed E-state index contributed by atoms with van der Waals surface area (Å²) in [6.07, 6.45) is 1.71. The third-order valence-electron chi connectivity index (χ3n) is 2.81. The van der Waals surface area contributed by atoms with E-state index in [0.29, 0.717) is 11.8 Å². The molecule has 0 radical (unpaired) electrons. The van der Waals surface area contributed by atoms with Crippen LogP contribution in [0, 0.1) is 0 Å². The largest absolute Gasteiger partial charge is 0.364 e. The minimum absolute atomic E-state index is 0.531. The van der Waals surface area contributed by atoms with E-state index in [9.17, 15) is 0 Å². The van der Waals surface area contributed by atoms with Crippen molar-refractivity contribution in [3.05, 3.63) is 29.5 Å². The summed E-state index contributed by atoms with van der Waals surface area (Å²) >= 11 is 0. The van der Waals surface area contributed by atoms with Gasteiger partial charge in [0.1, 0.15) is 11.8 Å². The molecule has 2 rings (SSSR count). The van der Waals surface area contributed by atoms with Crippen molar-refractivity contribution in [3.63, 3.8) is 0 Å². The second-order valence-electron chi connectivity index (χ2n) is 4.66. The van der Waals surface area contributed by atoms with E-state index in [1.165, 1.54) is 11.1 Å². The number of nitrogens with zero attached hydrogens (tertiary/aromatic N) is 1. The Balaban J connectivity index is 2.68.